The smallest absolute Gasteiger partial charge is 0.312 e. The standard InChI is InChI=1S/C8H4Cl2N2O3.C8H8ClNO3/c9-6-3-5(12(13)14)4-7(10)8(6)15-2-1-11;1-5-3-8(13-2)7(10(11)12)4-6(5)9/h3-4H,2H2;3-4H,1-2H3. The Labute approximate surface area is 174 Å². The number of nitrogens with zero attached hydrogens (tertiary/aromatic N) is 3. The van der Waals surface area contributed by atoms with E-state index in [1.54, 1.807) is 19.1 Å². The molecule has 0 fully saturated rings. The Morgan fingerprint density at radius 3 is 2.04 bits per heavy atom. The Morgan fingerprint density at radius 1 is 1.04 bits per heavy atom. The van der Waals surface area contributed by atoms with Gasteiger partial charge in [-0.15, -0.1) is 0 Å². The highest BCUT2D eigenvalue weighted by atomic mass is 35.5. The molecule has 2 aromatic carbocycles. The predicted octanol–water partition coefficient (Wildman–Crippen LogP) is 5.37. The van der Waals surface area contributed by atoms with Crippen molar-refractivity contribution in [1.82, 2.24) is 0 Å². The van der Waals surface area contributed by atoms with Gasteiger partial charge < -0.3 is 9.47 Å². The largest absolute Gasteiger partial charge is 0.490 e. The second-order valence-electron chi connectivity index (χ2n) is 4.97. The van der Waals surface area contributed by atoms with Gasteiger partial charge >= 0.3 is 5.69 Å². The molecule has 0 saturated heterocycles. The van der Waals surface area contributed by atoms with E-state index in [4.69, 9.17) is 49.5 Å². The van der Waals surface area contributed by atoms with Crippen LogP contribution in [-0.4, -0.2) is 23.6 Å². The Balaban J connectivity index is 0.000000283. The zero-order valence-corrected chi connectivity index (χ0v) is 16.7. The van der Waals surface area contributed by atoms with E-state index in [-0.39, 0.29) is 39.5 Å². The van der Waals surface area contributed by atoms with Crippen LogP contribution in [0.4, 0.5) is 11.4 Å². The van der Waals surface area contributed by atoms with E-state index in [0.717, 1.165) is 17.7 Å². The van der Waals surface area contributed by atoms with Crippen molar-refractivity contribution in [3.8, 4) is 17.6 Å². The van der Waals surface area contributed by atoms with Gasteiger partial charge in [0, 0.05) is 18.2 Å². The molecule has 0 radical (unpaired) electrons. The molecular formula is C16H12Cl3N3O6. The molecule has 0 aliphatic rings. The van der Waals surface area contributed by atoms with Crippen LogP contribution in [0.25, 0.3) is 0 Å². The Kier molecular flexibility index (Phi) is 8.73. The summed E-state index contributed by atoms with van der Waals surface area (Å²) in [5.74, 6) is 0.303. The van der Waals surface area contributed by atoms with Gasteiger partial charge in [0.2, 0.25) is 0 Å². The maximum absolute atomic E-state index is 10.5. The van der Waals surface area contributed by atoms with E-state index in [2.05, 4.69) is 0 Å². The maximum Gasteiger partial charge on any atom is 0.312 e. The van der Waals surface area contributed by atoms with Crippen molar-refractivity contribution < 1.29 is 19.3 Å². The number of benzene rings is 2. The number of hydrogen-bond donors (Lipinski definition) is 0. The second-order valence-corrected chi connectivity index (χ2v) is 6.19. The lowest BCUT2D eigenvalue weighted by atomic mass is 10.2. The minimum Gasteiger partial charge on any atom is -0.490 e. The molecule has 0 bridgehead atoms. The Morgan fingerprint density at radius 2 is 1.61 bits per heavy atom. The van der Waals surface area contributed by atoms with Crippen LogP contribution in [-0.2, 0) is 0 Å². The van der Waals surface area contributed by atoms with Crippen molar-refractivity contribution >= 4 is 46.2 Å². The third-order valence-corrected chi connectivity index (χ3v) is 4.10. The van der Waals surface area contributed by atoms with Crippen LogP contribution in [0.15, 0.2) is 24.3 Å². The summed E-state index contributed by atoms with van der Waals surface area (Å²) >= 11 is 17.1. The van der Waals surface area contributed by atoms with Crippen LogP contribution in [0.5, 0.6) is 11.5 Å². The number of methoxy groups -OCH3 is 1. The molecule has 0 atom stereocenters. The van der Waals surface area contributed by atoms with Gasteiger partial charge in [-0.25, -0.2) is 0 Å². The van der Waals surface area contributed by atoms with Crippen molar-refractivity contribution in [2.75, 3.05) is 13.7 Å². The summed E-state index contributed by atoms with van der Waals surface area (Å²) in [6.07, 6.45) is 0. The molecule has 0 saturated carbocycles. The summed E-state index contributed by atoms with van der Waals surface area (Å²) in [6, 6.07) is 6.79. The van der Waals surface area contributed by atoms with Crippen molar-refractivity contribution in [1.29, 1.82) is 5.26 Å². The van der Waals surface area contributed by atoms with Crippen molar-refractivity contribution in [3.63, 3.8) is 0 Å². The average molecular weight is 449 g/mol. The van der Waals surface area contributed by atoms with Gasteiger partial charge in [0.15, 0.2) is 18.1 Å². The molecule has 0 unspecified atom stereocenters. The van der Waals surface area contributed by atoms with E-state index in [0.29, 0.717) is 5.02 Å². The highest BCUT2D eigenvalue weighted by Gasteiger charge is 2.16. The fourth-order valence-corrected chi connectivity index (χ4v) is 2.59. The zero-order valence-electron chi connectivity index (χ0n) is 14.4. The molecule has 0 aromatic heterocycles. The minimum atomic E-state index is -0.619. The fraction of sp³-hybridized carbons (Fsp3) is 0.188. The van der Waals surface area contributed by atoms with E-state index in [1.807, 2.05) is 0 Å². The molecular weight excluding hydrogens is 437 g/mol. The third-order valence-electron chi connectivity index (χ3n) is 3.13. The fourth-order valence-electron chi connectivity index (χ4n) is 1.84. The molecule has 0 aliphatic heterocycles. The summed E-state index contributed by atoms with van der Waals surface area (Å²) in [6.45, 7) is 1.53. The molecule has 2 aromatic rings. The molecule has 0 spiro atoms. The van der Waals surface area contributed by atoms with Crippen molar-refractivity contribution in [2.45, 2.75) is 6.92 Å². The molecule has 0 N–H and O–H groups in total. The van der Waals surface area contributed by atoms with Gasteiger partial charge in [-0.3, -0.25) is 20.2 Å². The molecule has 0 amide bonds. The first kappa shape index (κ1) is 23.2. The van der Waals surface area contributed by atoms with Crippen LogP contribution < -0.4 is 9.47 Å². The third kappa shape index (κ3) is 6.13. The van der Waals surface area contributed by atoms with Gasteiger partial charge in [-0.05, 0) is 18.6 Å². The number of ether oxygens (including phenoxy) is 2. The number of nitriles is 1. The molecule has 148 valence electrons. The SMILES string of the molecule is COc1cc(C)c(Cl)cc1[N+](=O)[O-].N#CCOc1c(Cl)cc([N+](=O)[O-])cc1Cl. The van der Waals surface area contributed by atoms with E-state index in [1.165, 1.54) is 13.2 Å². The Hall–Kier alpha value is -2.80. The number of aryl methyl sites for hydroxylation is 1. The first-order chi connectivity index (χ1) is 13.1. The lowest BCUT2D eigenvalue weighted by Gasteiger charge is -2.05. The summed E-state index contributed by atoms with van der Waals surface area (Å²) in [7, 11) is 1.38. The number of nitro benzene ring substituents is 2. The number of non-ortho nitro benzene ring substituents is 1. The van der Waals surface area contributed by atoms with E-state index >= 15 is 0 Å². The molecule has 0 aliphatic carbocycles. The Bertz CT molecular complexity index is 923. The molecule has 2 rings (SSSR count). The van der Waals surface area contributed by atoms with E-state index < -0.39 is 9.85 Å². The van der Waals surface area contributed by atoms with E-state index in [9.17, 15) is 20.2 Å². The topological polar surface area (TPSA) is 129 Å². The molecule has 0 heterocycles. The highest BCUT2D eigenvalue weighted by Crippen LogP contribution is 2.36. The molecule has 9 nitrogen and oxygen atoms in total. The van der Waals surface area contributed by atoms with Crippen LogP contribution in [0.1, 0.15) is 5.56 Å². The number of halogens is 3. The van der Waals surface area contributed by atoms with Crippen LogP contribution in [0.3, 0.4) is 0 Å². The summed E-state index contributed by atoms with van der Waals surface area (Å²) in [4.78, 5) is 19.8. The van der Waals surface area contributed by atoms with Crippen LogP contribution >= 0.6 is 34.8 Å². The quantitative estimate of drug-likeness (QED) is 0.444. The lowest BCUT2D eigenvalue weighted by molar-refractivity contribution is -0.385. The monoisotopic (exact) mass is 447 g/mol. The summed E-state index contributed by atoms with van der Waals surface area (Å²) in [5.41, 5.74) is 0.413. The normalized spacial score (nSPS) is 9.57. The van der Waals surface area contributed by atoms with Gasteiger partial charge in [0.05, 0.1) is 32.0 Å². The number of nitro groups is 2. The minimum absolute atomic E-state index is 0.00412. The molecule has 28 heavy (non-hydrogen) atoms. The van der Waals surface area contributed by atoms with Crippen molar-refractivity contribution in [3.05, 3.63) is 65.1 Å². The average Bonchev–Trinajstić information content (AvgIpc) is 2.63. The summed E-state index contributed by atoms with van der Waals surface area (Å²) in [5, 5.41) is 29.6. The van der Waals surface area contributed by atoms with Gasteiger partial charge in [-0.1, -0.05) is 34.8 Å². The van der Waals surface area contributed by atoms with Gasteiger partial charge in [0.25, 0.3) is 5.69 Å². The van der Waals surface area contributed by atoms with Gasteiger partial charge in [0.1, 0.15) is 6.07 Å². The number of rotatable bonds is 5. The summed E-state index contributed by atoms with van der Waals surface area (Å²) < 4.78 is 9.75. The predicted molar refractivity (Wildman–Crippen MR) is 104 cm³/mol. The lowest BCUT2D eigenvalue weighted by Crippen LogP contribution is -1.96. The highest BCUT2D eigenvalue weighted by molar-refractivity contribution is 6.37. The maximum atomic E-state index is 10.5. The van der Waals surface area contributed by atoms with Crippen LogP contribution in [0, 0.1) is 38.5 Å². The second kappa shape index (κ2) is 10.5. The van der Waals surface area contributed by atoms with Gasteiger partial charge in [-0.2, -0.15) is 5.26 Å². The zero-order chi connectivity index (χ0) is 21.4. The van der Waals surface area contributed by atoms with Crippen LogP contribution in [0.2, 0.25) is 15.1 Å². The number of hydrogen-bond acceptors (Lipinski definition) is 7. The first-order valence-electron chi connectivity index (χ1n) is 7.24. The van der Waals surface area contributed by atoms with Crippen molar-refractivity contribution in [2.24, 2.45) is 0 Å². The first-order valence-corrected chi connectivity index (χ1v) is 8.37. The molecule has 12 heteroatoms.